The number of nitrogens with one attached hydrogen (secondary N) is 1. The Kier molecular flexibility index (Phi) is 4.55. The van der Waals surface area contributed by atoms with Crippen LogP contribution in [0.5, 0.6) is 5.75 Å². The summed E-state index contributed by atoms with van der Waals surface area (Å²) in [6.45, 7) is 0.470. The molecule has 0 saturated heterocycles. The summed E-state index contributed by atoms with van der Waals surface area (Å²) < 4.78 is 18.6. The highest BCUT2D eigenvalue weighted by molar-refractivity contribution is 5.81. The molecule has 0 aromatic heterocycles. The predicted molar refractivity (Wildman–Crippen MR) is 68.9 cm³/mol. The van der Waals surface area contributed by atoms with Gasteiger partial charge in [0.2, 0.25) is 5.91 Å². The quantitative estimate of drug-likeness (QED) is 0.885. The molecule has 1 atom stereocenters. The minimum atomic E-state index is -1.01. The number of hydrogen-bond donors (Lipinski definition) is 2. The first-order chi connectivity index (χ1) is 9.56. The van der Waals surface area contributed by atoms with Crippen LogP contribution in [-0.4, -0.2) is 23.6 Å². The number of halogens is 1. The van der Waals surface area contributed by atoms with Gasteiger partial charge in [-0.25, -0.2) is 4.39 Å². The monoisotopic (exact) mass is 281 g/mol. The van der Waals surface area contributed by atoms with Gasteiger partial charge in [-0.2, -0.15) is 0 Å². The van der Waals surface area contributed by atoms with Crippen molar-refractivity contribution in [3.05, 3.63) is 29.6 Å². The summed E-state index contributed by atoms with van der Waals surface area (Å²) in [5.41, 5.74) is 0.729. The van der Waals surface area contributed by atoms with E-state index in [4.69, 9.17) is 9.84 Å². The van der Waals surface area contributed by atoms with Gasteiger partial charge in [-0.15, -0.1) is 0 Å². The van der Waals surface area contributed by atoms with Crippen LogP contribution in [0.2, 0.25) is 0 Å². The first kappa shape index (κ1) is 14.3. The summed E-state index contributed by atoms with van der Waals surface area (Å²) in [6.07, 6.45) is 1.15. The van der Waals surface area contributed by atoms with Crippen LogP contribution in [0.15, 0.2) is 18.2 Å². The number of benzene rings is 1. The number of ether oxygens (including phenoxy) is 1. The fourth-order valence-electron chi connectivity index (χ4n) is 2.18. The highest BCUT2D eigenvalue weighted by atomic mass is 19.1. The lowest BCUT2D eigenvalue weighted by Gasteiger charge is -2.18. The number of carboxylic acid groups (broad SMARTS) is 1. The van der Waals surface area contributed by atoms with Crippen LogP contribution in [0.4, 0.5) is 4.39 Å². The number of carboxylic acids is 1. The molecule has 0 spiro atoms. The number of rotatable bonds is 4. The van der Waals surface area contributed by atoms with Gasteiger partial charge in [0.15, 0.2) is 0 Å². The molecule has 1 aliphatic rings. The van der Waals surface area contributed by atoms with Crippen molar-refractivity contribution in [2.75, 3.05) is 6.61 Å². The van der Waals surface area contributed by atoms with Gasteiger partial charge < -0.3 is 15.2 Å². The van der Waals surface area contributed by atoms with Gasteiger partial charge in [0.1, 0.15) is 11.6 Å². The Morgan fingerprint density at radius 1 is 1.40 bits per heavy atom. The molecule has 0 saturated carbocycles. The smallest absolute Gasteiger partial charge is 0.303 e. The van der Waals surface area contributed by atoms with Crippen LogP contribution in [0, 0.1) is 5.82 Å². The third-order valence-electron chi connectivity index (χ3n) is 3.15. The summed E-state index contributed by atoms with van der Waals surface area (Å²) in [4.78, 5) is 22.2. The number of aliphatic carboxylic acids is 1. The standard InChI is InChI=1S/C14H16FNO4/c15-9-3-4-10-11(2-1-7-20-12(10)8-9)16-13(17)5-6-14(18)19/h3-4,8,11H,1-2,5-7H2,(H,16,17)(H,18,19). The van der Waals surface area contributed by atoms with E-state index < -0.39 is 5.97 Å². The van der Waals surface area contributed by atoms with E-state index in [9.17, 15) is 14.0 Å². The summed E-state index contributed by atoms with van der Waals surface area (Å²) in [5, 5.41) is 11.3. The first-order valence-corrected chi connectivity index (χ1v) is 6.49. The Hall–Kier alpha value is -2.11. The van der Waals surface area contributed by atoms with E-state index in [-0.39, 0.29) is 30.6 Å². The molecular formula is C14H16FNO4. The van der Waals surface area contributed by atoms with E-state index in [1.807, 2.05) is 0 Å². The second-order valence-corrected chi connectivity index (χ2v) is 4.69. The molecule has 1 heterocycles. The average Bonchev–Trinajstić information content (AvgIpc) is 2.58. The summed E-state index contributed by atoms with van der Waals surface area (Å²) in [6, 6.07) is 3.95. The van der Waals surface area contributed by atoms with Crippen molar-refractivity contribution in [3.8, 4) is 5.75 Å². The molecule has 1 aromatic rings. The number of hydrogen-bond acceptors (Lipinski definition) is 3. The van der Waals surface area contributed by atoms with Crippen LogP contribution < -0.4 is 10.1 Å². The molecule has 20 heavy (non-hydrogen) atoms. The molecule has 2 N–H and O–H groups in total. The van der Waals surface area contributed by atoms with Gasteiger partial charge >= 0.3 is 5.97 Å². The molecule has 1 aliphatic heterocycles. The van der Waals surface area contributed by atoms with Crippen LogP contribution >= 0.6 is 0 Å². The van der Waals surface area contributed by atoms with Crippen molar-refractivity contribution in [3.63, 3.8) is 0 Å². The van der Waals surface area contributed by atoms with E-state index in [2.05, 4.69) is 5.32 Å². The van der Waals surface area contributed by atoms with Crippen LogP contribution in [0.25, 0.3) is 0 Å². The van der Waals surface area contributed by atoms with Crippen molar-refractivity contribution < 1.29 is 23.8 Å². The zero-order valence-corrected chi connectivity index (χ0v) is 10.9. The van der Waals surface area contributed by atoms with Gasteiger partial charge in [-0.3, -0.25) is 9.59 Å². The maximum atomic E-state index is 13.2. The normalized spacial score (nSPS) is 17.6. The van der Waals surface area contributed by atoms with Gasteiger partial charge in [-0.1, -0.05) is 6.07 Å². The van der Waals surface area contributed by atoms with Crippen LogP contribution in [0.3, 0.4) is 0 Å². The lowest BCUT2D eigenvalue weighted by atomic mass is 10.0. The molecule has 0 bridgehead atoms. The van der Waals surface area contributed by atoms with Gasteiger partial charge in [-0.05, 0) is 18.9 Å². The molecule has 6 heteroatoms. The Morgan fingerprint density at radius 2 is 2.20 bits per heavy atom. The second kappa shape index (κ2) is 6.36. The van der Waals surface area contributed by atoms with E-state index in [0.717, 1.165) is 12.0 Å². The lowest BCUT2D eigenvalue weighted by Crippen LogP contribution is -2.28. The number of fused-ring (bicyclic) bond motifs is 1. The highest BCUT2D eigenvalue weighted by Gasteiger charge is 2.22. The molecule has 2 rings (SSSR count). The van der Waals surface area contributed by atoms with Crippen LogP contribution in [0.1, 0.15) is 37.3 Å². The first-order valence-electron chi connectivity index (χ1n) is 6.49. The molecule has 0 fully saturated rings. The minimum absolute atomic E-state index is 0.0663. The Bertz CT molecular complexity index is 518. The number of carbonyl (C=O) groups excluding carboxylic acids is 1. The summed E-state index contributed by atoms with van der Waals surface area (Å²) >= 11 is 0. The third kappa shape index (κ3) is 3.69. The van der Waals surface area contributed by atoms with E-state index in [1.54, 1.807) is 6.07 Å². The number of amides is 1. The molecule has 108 valence electrons. The zero-order chi connectivity index (χ0) is 14.5. The summed E-state index contributed by atoms with van der Waals surface area (Å²) in [5.74, 6) is -1.28. The summed E-state index contributed by atoms with van der Waals surface area (Å²) in [7, 11) is 0. The van der Waals surface area contributed by atoms with Gasteiger partial charge in [0.05, 0.1) is 19.1 Å². The topological polar surface area (TPSA) is 75.6 Å². The molecule has 0 radical (unpaired) electrons. The minimum Gasteiger partial charge on any atom is -0.493 e. The van der Waals surface area contributed by atoms with Gasteiger partial charge in [0.25, 0.3) is 0 Å². The highest BCUT2D eigenvalue weighted by Crippen LogP contribution is 2.32. The molecule has 1 unspecified atom stereocenters. The fourth-order valence-corrected chi connectivity index (χ4v) is 2.18. The molecule has 1 aromatic carbocycles. The molecule has 0 aliphatic carbocycles. The van der Waals surface area contributed by atoms with E-state index in [1.165, 1.54) is 12.1 Å². The van der Waals surface area contributed by atoms with E-state index in [0.29, 0.717) is 18.8 Å². The zero-order valence-electron chi connectivity index (χ0n) is 10.9. The van der Waals surface area contributed by atoms with Crippen molar-refractivity contribution in [1.29, 1.82) is 0 Å². The Morgan fingerprint density at radius 3 is 2.95 bits per heavy atom. The number of carbonyl (C=O) groups is 2. The maximum Gasteiger partial charge on any atom is 0.303 e. The molecular weight excluding hydrogens is 265 g/mol. The van der Waals surface area contributed by atoms with Crippen molar-refractivity contribution in [2.24, 2.45) is 0 Å². The fraction of sp³-hybridized carbons (Fsp3) is 0.429. The SMILES string of the molecule is O=C(O)CCC(=O)NC1CCCOc2cc(F)ccc21. The second-order valence-electron chi connectivity index (χ2n) is 4.69. The van der Waals surface area contributed by atoms with Crippen molar-refractivity contribution in [2.45, 2.75) is 31.7 Å². The van der Waals surface area contributed by atoms with Crippen LogP contribution in [-0.2, 0) is 9.59 Å². The Balaban J connectivity index is 2.08. The molecule has 5 nitrogen and oxygen atoms in total. The van der Waals surface area contributed by atoms with Gasteiger partial charge in [0, 0.05) is 18.1 Å². The average molecular weight is 281 g/mol. The third-order valence-corrected chi connectivity index (χ3v) is 3.15. The van der Waals surface area contributed by atoms with Crippen molar-refractivity contribution in [1.82, 2.24) is 5.32 Å². The largest absolute Gasteiger partial charge is 0.493 e. The molecule has 1 amide bonds. The maximum absolute atomic E-state index is 13.2. The lowest BCUT2D eigenvalue weighted by molar-refractivity contribution is -0.138. The Labute approximate surface area is 115 Å². The van der Waals surface area contributed by atoms with Crippen molar-refractivity contribution >= 4 is 11.9 Å². The predicted octanol–water partition coefficient (Wildman–Crippen LogP) is 2.02. The van der Waals surface area contributed by atoms with E-state index >= 15 is 0 Å².